The van der Waals surface area contributed by atoms with Gasteiger partial charge in [0.05, 0.1) is 10.7 Å². The number of hydrogen-bond donors (Lipinski definition) is 1. The molecule has 2 heterocycles. The Labute approximate surface area is 128 Å². The van der Waals surface area contributed by atoms with Crippen molar-refractivity contribution in [1.82, 2.24) is 15.2 Å². The van der Waals surface area contributed by atoms with Crippen LogP contribution in [0.15, 0.2) is 5.38 Å². The molecule has 6 heteroatoms. The van der Waals surface area contributed by atoms with Crippen LogP contribution in [-0.4, -0.2) is 21.7 Å². The number of anilines is 1. The fourth-order valence-electron chi connectivity index (χ4n) is 1.70. The Balaban J connectivity index is 1.82. The average Bonchev–Trinajstić information content (AvgIpc) is 2.98. The molecular weight excluding hydrogens is 288 g/mol. The quantitative estimate of drug-likeness (QED) is 0.879. The van der Waals surface area contributed by atoms with Crippen LogP contribution in [0.5, 0.6) is 0 Å². The molecule has 0 aromatic carbocycles. The van der Waals surface area contributed by atoms with Crippen LogP contribution >= 0.6 is 22.7 Å². The average molecular weight is 310 g/mol. The Kier molecular flexibility index (Phi) is 5.10. The van der Waals surface area contributed by atoms with Crippen molar-refractivity contribution in [3.05, 3.63) is 21.1 Å². The Morgan fingerprint density at radius 2 is 2.00 bits per heavy atom. The van der Waals surface area contributed by atoms with Crippen LogP contribution in [0.3, 0.4) is 0 Å². The third kappa shape index (κ3) is 4.24. The molecule has 1 N–H and O–H groups in total. The molecule has 0 unspecified atom stereocenters. The molecule has 0 spiro atoms. The molecule has 2 aromatic heterocycles. The molecule has 110 valence electrons. The van der Waals surface area contributed by atoms with Gasteiger partial charge in [0.2, 0.25) is 5.13 Å². The van der Waals surface area contributed by atoms with E-state index in [1.54, 1.807) is 22.7 Å². The van der Waals surface area contributed by atoms with Gasteiger partial charge in [-0.25, -0.2) is 4.98 Å². The molecule has 0 saturated carbocycles. The monoisotopic (exact) mass is 310 g/mol. The van der Waals surface area contributed by atoms with E-state index in [-0.39, 0.29) is 5.41 Å². The molecule has 2 rings (SSSR count). The van der Waals surface area contributed by atoms with Gasteiger partial charge in [0.25, 0.3) is 0 Å². The fraction of sp³-hybridized carbons (Fsp3) is 0.643. The molecule has 0 fully saturated rings. The summed E-state index contributed by atoms with van der Waals surface area (Å²) in [4.78, 5) is 4.69. The third-order valence-electron chi connectivity index (χ3n) is 2.78. The summed E-state index contributed by atoms with van der Waals surface area (Å²) >= 11 is 3.40. The maximum absolute atomic E-state index is 4.69. The second-order valence-electron chi connectivity index (χ2n) is 5.82. The maximum atomic E-state index is 4.69. The van der Waals surface area contributed by atoms with Gasteiger partial charge < -0.3 is 5.32 Å². The Morgan fingerprint density at radius 3 is 2.65 bits per heavy atom. The van der Waals surface area contributed by atoms with Crippen molar-refractivity contribution in [2.24, 2.45) is 0 Å². The first-order valence-electron chi connectivity index (χ1n) is 7.00. The second kappa shape index (κ2) is 6.63. The zero-order valence-electron chi connectivity index (χ0n) is 12.6. The van der Waals surface area contributed by atoms with Gasteiger partial charge in [0.15, 0.2) is 0 Å². The van der Waals surface area contributed by atoms with Gasteiger partial charge in [-0.1, -0.05) is 39.0 Å². The van der Waals surface area contributed by atoms with Crippen molar-refractivity contribution in [2.45, 2.75) is 52.4 Å². The van der Waals surface area contributed by atoms with Crippen molar-refractivity contribution >= 4 is 27.8 Å². The molecule has 0 aliphatic carbocycles. The predicted octanol–water partition coefficient (Wildman–Crippen LogP) is 3.90. The first-order chi connectivity index (χ1) is 9.49. The molecule has 0 aliphatic heterocycles. The number of hydrogen-bond acceptors (Lipinski definition) is 6. The predicted molar refractivity (Wildman–Crippen MR) is 86.9 cm³/mol. The fourth-order valence-corrected chi connectivity index (χ4v) is 3.51. The smallest absolute Gasteiger partial charge is 0.205 e. The van der Waals surface area contributed by atoms with Crippen LogP contribution in [0.2, 0.25) is 0 Å². The largest absolute Gasteiger partial charge is 0.360 e. The summed E-state index contributed by atoms with van der Waals surface area (Å²) in [6.07, 6.45) is 3.05. The lowest BCUT2D eigenvalue weighted by Crippen LogP contribution is -2.11. The normalized spacial score (nSPS) is 11.8. The van der Waals surface area contributed by atoms with Gasteiger partial charge in [-0.2, -0.15) is 0 Å². The molecule has 0 bridgehead atoms. The van der Waals surface area contributed by atoms with Crippen LogP contribution in [0.4, 0.5) is 5.13 Å². The van der Waals surface area contributed by atoms with Gasteiger partial charge in [0, 0.05) is 30.2 Å². The van der Waals surface area contributed by atoms with Crippen LogP contribution in [0, 0.1) is 0 Å². The van der Waals surface area contributed by atoms with Crippen LogP contribution in [0.25, 0.3) is 0 Å². The molecule has 4 nitrogen and oxygen atoms in total. The minimum atomic E-state index is 0.143. The summed E-state index contributed by atoms with van der Waals surface area (Å²) in [6, 6.07) is 0. The van der Waals surface area contributed by atoms with Crippen LogP contribution < -0.4 is 5.32 Å². The number of aryl methyl sites for hydroxylation is 1. The number of rotatable bonds is 6. The van der Waals surface area contributed by atoms with Gasteiger partial charge in [0.1, 0.15) is 5.01 Å². The molecular formula is C14H22N4S2. The Hall–Kier alpha value is -1.01. The third-order valence-corrected chi connectivity index (χ3v) is 5.04. The second-order valence-corrected chi connectivity index (χ2v) is 7.74. The zero-order valence-corrected chi connectivity index (χ0v) is 14.2. The summed E-state index contributed by atoms with van der Waals surface area (Å²) in [5.41, 5.74) is 1.30. The van der Waals surface area contributed by atoms with Crippen molar-refractivity contribution in [3.63, 3.8) is 0 Å². The zero-order chi connectivity index (χ0) is 14.6. The summed E-state index contributed by atoms with van der Waals surface area (Å²) < 4.78 is 0. The summed E-state index contributed by atoms with van der Waals surface area (Å²) in [5, 5.41) is 17.0. The summed E-state index contributed by atoms with van der Waals surface area (Å²) in [5.74, 6) is 0. The number of thiazole rings is 1. The standard InChI is InChI=1S/C14H22N4S2/c1-5-6-11-17-18-13(20-11)15-8-7-10-9-19-12(16-10)14(2,3)4/h9H,5-8H2,1-4H3,(H,15,18). The summed E-state index contributed by atoms with van der Waals surface area (Å²) in [7, 11) is 0. The van der Waals surface area contributed by atoms with E-state index in [4.69, 9.17) is 4.98 Å². The Bertz CT molecular complexity index is 539. The lowest BCUT2D eigenvalue weighted by atomic mass is 9.98. The minimum Gasteiger partial charge on any atom is -0.360 e. The highest BCUT2D eigenvalue weighted by Crippen LogP contribution is 2.25. The summed E-state index contributed by atoms with van der Waals surface area (Å²) in [6.45, 7) is 9.61. The molecule has 20 heavy (non-hydrogen) atoms. The van der Waals surface area contributed by atoms with Crippen LogP contribution in [-0.2, 0) is 18.3 Å². The molecule has 0 radical (unpaired) electrons. The lowest BCUT2D eigenvalue weighted by molar-refractivity contribution is 0.583. The van der Waals surface area contributed by atoms with Gasteiger partial charge >= 0.3 is 0 Å². The SMILES string of the molecule is CCCc1nnc(NCCc2csc(C(C)(C)C)n2)s1. The highest BCUT2D eigenvalue weighted by molar-refractivity contribution is 7.15. The van der Waals surface area contributed by atoms with E-state index in [9.17, 15) is 0 Å². The van der Waals surface area contributed by atoms with Gasteiger partial charge in [-0.15, -0.1) is 21.5 Å². The Morgan fingerprint density at radius 1 is 1.20 bits per heavy atom. The molecule has 0 amide bonds. The van der Waals surface area contributed by atoms with Crippen molar-refractivity contribution in [1.29, 1.82) is 0 Å². The number of nitrogens with zero attached hydrogens (tertiary/aromatic N) is 3. The molecule has 0 atom stereocenters. The molecule has 2 aromatic rings. The minimum absolute atomic E-state index is 0.143. The number of nitrogens with one attached hydrogen (secondary N) is 1. The highest BCUT2D eigenvalue weighted by atomic mass is 32.1. The van der Waals surface area contributed by atoms with E-state index in [0.717, 1.165) is 41.6 Å². The molecule has 0 saturated heterocycles. The first kappa shape index (κ1) is 15.4. The van der Waals surface area contributed by atoms with Gasteiger partial charge in [-0.05, 0) is 6.42 Å². The van der Waals surface area contributed by atoms with E-state index in [1.807, 2.05) is 0 Å². The van der Waals surface area contributed by atoms with E-state index in [1.165, 1.54) is 5.01 Å². The lowest BCUT2D eigenvalue weighted by Gasteiger charge is -2.13. The van der Waals surface area contributed by atoms with Crippen molar-refractivity contribution in [3.8, 4) is 0 Å². The highest BCUT2D eigenvalue weighted by Gasteiger charge is 2.17. The number of aromatic nitrogens is 3. The van der Waals surface area contributed by atoms with E-state index < -0.39 is 0 Å². The first-order valence-corrected chi connectivity index (χ1v) is 8.70. The van der Waals surface area contributed by atoms with E-state index in [2.05, 4.69) is 48.6 Å². The topological polar surface area (TPSA) is 50.7 Å². The van der Waals surface area contributed by atoms with Crippen LogP contribution in [0.1, 0.15) is 49.8 Å². The molecule has 0 aliphatic rings. The van der Waals surface area contributed by atoms with E-state index >= 15 is 0 Å². The maximum Gasteiger partial charge on any atom is 0.205 e. The van der Waals surface area contributed by atoms with E-state index in [0.29, 0.717) is 0 Å². The van der Waals surface area contributed by atoms with Gasteiger partial charge in [-0.3, -0.25) is 0 Å². The van der Waals surface area contributed by atoms with Crippen molar-refractivity contribution in [2.75, 3.05) is 11.9 Å². The van der Waals surface area contributed by atoms with Crippen molar-refractivity contribution < 1.29 is 0 Å².